The molecule has 0 aromatic carbocycles. The molecular formula is C14H19ClN4O2S. The van der Waals surface area contributed by atoms with E-state index < -0.39 is 0 Å². The van der Waals surface area contributed by atoms with Gasteiger partial charge in [0.25, 0.3) is 11.5 Å². The van der Waals surface area contributed by atoms with Gasteiger partial charge in [-0.2, -0.15) is 0 Å². The van der Waals surface area contributed by atoms with Crippen LogP contribution < -0.4 is 11.3 Å². The molecular weight excluding hydrogens is 324 g/mol. The number of amides is 1. The molecule has 1 amide bonds. The number of aromatic nitrogens is 2. The Labute approximate surface area is 138 Å². The van der Waals surface area contributed by atoms with E-state index in [1.54, 1.807) is 16.5 Å². The van der Waals surface area contributed by atoms with E-state index in [2.05, 4.69) is 11.9 Å². The quantitative estimate of drug-likeness (QED) is 0.894. The van der Waals surface area contributed by atoms with Crippen molar-refractivity contribution in [2.45, 2.75) is 25.8 Å². The minimum absolute atomic E-state index is 0. The van der Waals surface area contributed by atoms with Crippen LogP contribution in [0.3, 0.4) is 0 Å². The minimum Gasteiger partial charge on any atom is -0.334 e. The molecule has 2 atom stereocenters. The fourth-order valence-electron chi connectivity index (χ4n) is 2.87. The molecule has 3 heterocycles. The van der Waals surface area contributed by atoms with E-state index in [4.69, 9.17) is 5.73 Å². The summed E-state index contributed by atoms with van der Waals surface area (Å²) in [4.78, 5) is 31.6. The normalized spacial score (nSPS) is 21.6. The number of halogens is 1. The molecule has 0 spiro atoms. The summed E-state index contributed by atoms with van der Waals surface area (Å²) in [6.07, 6.45) is 4.86. The number of hydrogen-bond acceptors (Lipinski definition) is 5. The molecule has 2 unspecified atom stereocenters. The molecule has 6 nitrogen and oxygen atoms in total. The first-order valence-electron chi connectivity index (χ1n) is 7.07. The number of carbonyl (C=O) groups is 1. The molecule has 0 radical (unpaired) electrons. The summed E-state index contributed by atoms with van der Waals surface area (Å²) in [7, 11) is 0. The van der Waals surface area contributed by atoms with Crippen LogP contribution in [0, 0.1) is 5.92 Å². The highest BCUT2D eigenvalue weighted by Gasteiger charge is 2.31. The fraction of sp³-hybridized carbons (Fsp3) is 0.500. The first kappa shape index (κ1) is 16.9. The predicted octanol–water partition coefficient (Wildman–Crippen LogP) is 1.38. The second kappa shape index (κ2) is 6.76. The summed E-state index contributed by atoms with van der Waals surface area (Å²) in [5.74, 6) is 0.302. The van der Waals surface area contributed by atoms with Crippen LogP contribution in [0.4, 0.5) is 0 Å². The summed E-state index contributed by atoms with van der Waals surface area (Å²) in [6, 6.07) is 0.00354. The Morgan fingerprint density at radius 1 is 1.55 bits per heavy atom. The highest BCUT2D eigenvalue weighted by atomic mass is 35.5. The van der Waals surface area contributed by atoms with Gasteiger partial charge in [0.1, 0.15) is 5.56 Å². The van der Waals surface area contributed by atoms with E-state index in [1.807, 2.05) is 0 Å². The van der Waals surface area contributed by atoms with E-state index in [0.29, 0.717) is 24.0 Å². The zero-order chi connectivity index (χ0) is 15.0. The molecule has 0 bridgehead atoms. The maximum atomic E-state index is 12.7. The van der Waals surface area contributed by atoms with Gasteiger partial charge in [0.05, 0.1) is 0 Å². The maximum Gasteiger partial charge on any atom is 0.271 e. The zero-order valence-corrected chi connectivity index (χ0v) is 13.9. The van der Waals surface area contributed by atoms with E-state index in [9.17, 15) is 9.59 Å². The van der Waals surface area contributed by atoms with Crippen molar-refractivity contribution in [3.8, 4) is 0 Å². The molecule has 2 N–H and O–H groups in total. The van der Waals surface area contributed by atoms with Crippen molar-refractivity contribution < 1.29 is 4.79 Å². The first-order chi connectivity index (χ1) is 10.1. The summed E-state index contributed by atoms with van der Waals surface area (Å²) < 4.78 is 1.42. The number of fused-ring (bicyclic) bond motifs is 1. The van der Waals surface area contributed by atoms with Crippen LogP contribution in [0.5, 0.6) is 0 Å². The van der Waals surface area contributed by atoms with E-state index >= 15 is 0 Å². The SMILES string of the molecule is CC1CCN(C(=O)c2cnc3sccn3c2=O)C(CN)C1.Cl. The third kappa shape index (κ3) is 2.88. The molecule has 1 fully saturated rings. The van der Waals surface area contributed by atoms with Gasteiger partial charge in [-0.25, -0.2) is 4.98 Å². The summed E-state index contributed by atoms with van der Waals surface area (Å²) in [5, 5.41) is 1.78. The average molecular weight is 343 g/mol. The van der Waals surface area contributed by atoms with Crippen molar-refractivity contribution >= 4 is 34.6 Å². The minimum atomic E-state index is -0.305. The number of nitrogens with zero attached hydrogens (tertiary/aromatic N) is 3. The maximum absolute atomic E-state index is 12.7. The molecule has 1 aliphatic rings. The molecule has 2 aromatic rings. The van der Waals surface area contributed by atoms with Gasteiger partial charge in [0, 0.05) is 36.9 Å². The Morgan fingerprint density at radius 2 is 2.32 bits per heavy atom. The molecule has 2 aromatic heterocycles. The molecule has 1 saturated heterocycles. The average Bonchev–Trinajstić information content (AvgIpc) is 2.96. The van der Waals surface area contributed by atoms with Gasteiger partial charge in [0.2, 0.25) is 0 Å². The second-order valence-electron chi connectivity index (χ2n) is 5.55. The number of hydrogen-bond donors (Lipinski definition) is 1. The fourth-order valence-corrected chi connectivity index (χ4v) is 3.54. The highest BCUT2D eigenvalue weighted by molar-refractivity contribution is 7.15. The molecule has 22 heavy (non-hydrogen) atoms. The van der Waals surface area contributed by atoms with Gasteiger partial charge in [-0.15, -0.1) is 23.7 Å². The summed E-state index contributed by atoms with van der Waals surface area (Å²) in [5.41, 5.74) is 5.61. The second-order valence-corrected chi connectivity index (χ2v) is 6.42. The Morgan fingerprint density at radius 3 is 3.05 bits per heavy atom. The molecule has 3 rings (SSSR count). The Kier molecular flexibility index (Phi) is 5.20. The number of nitrogens with two attached hydrogens (primary N) is 1. The lowest BCUT2D eigenvalue weighted by Crippen LogP contribution is -2.50. The van der Waals surface area contributed by atoms with Crippen LogP contribution in [0.2, 0.25) is 0 Å². The van der Waals surface area contributed by atoms with Crippen LogP contribution in [0.15, 0.2) is 22.6 Å². The lowest BCUT2D eigenvalue weighted by molar-refractivity contribution is 0.0571. The Bertz CT molecular complexity index is 729. The van der Waals surface area contributed by atoms with Crippen LogP contribution in [0.1, 0.15) is 30.1 Å². The van der Waals surface area contributed by atoms with E-state index in [-0.39, 0.29) is 35.5 Å². The summed E-state index contributed by atoms with van der Waals surface area (Å²) in [6.45, 7) is 3.23. The lowest BCUT2D eigenvalue weighted by atomic mass is 9.92. The van der Waals surface area contributed by atoms with Crippen LogP contribution in [0.25, 0.3) is 4.96 Å². The van der Waals surface area contributed by atoms with Crippen LogP contribution in [-0.2, 0) is 0 Å². The van der Waals surface area contributed by atoms with E-state index in [0.717, 1.165) is 12.8 Å². The first-order valence-corrected chi connectivity index (χ1v) is 7.95. The monoisotopic (exact) mass is 342 g/mol. The summed E-state index contributed by atoms with van der Waals surface area (Å²) >= 11 is 1.37. The van der Waals surface area contributed by atoms with Crippen molar-refractivity contribution in [3.63, 3.8) is 0 Å². The van der Waals surface area contributed by atoms with Crippen LogP contribution >= 0.6 is 23.7 Å². The standard InChI is InChI=1S/C14H18N4O2S.ClH/c1-9-2-3-17(10(6-9)7-15)12(19)11-8-16-14-18(13(11)20)4-5-21-14;/h4-5,8-10H,2-3,6-7,15H2,1H3;1H. The number of piperidine rings is 1. The van der Waals surface area contributed by atoms with Crippen LogP contribution in [-0.4, -0.2) is 39.3 Å². The number of likely N-dealkylation sites (tertiary alicyclic amines) is 1. The number of thiazole rings is 1. The molecule has 8 heteroatoms. The largest absolute Gasteiger partial charge is 0.334 e. The molecule has 0 saturated carbocycles. The van der Waals surface area contributed by atoms with Crippen molar-refractivity contribution in [1.82, 2.24) is 14.3 Å². The Hall–Kier alpha value is -1.44. The number of rotatable bonds is 2. The number of carbonyl (C=O) groups excluding carboxylic acids is 1. The smallest absolute Gasteiger partial charge is 0.271 e. The van der Waals surface area contributed by atoms with Gasteiger partial charge < -0.3 is 10.6 Å². The lowest BCUT2D eigenvalue weighted by Gasteiger charge is -2.37. The van der Waals surface area contributed by atoms with Crippen molar-refractivity contribution in [1.29, 1.82) is 0 Å². The van der Waals surface area contributed by atoms with Gasteiger partial charge in [-0.3, -0.25) is 14.0 Å². The molecule has 1 aliphatic heterocycles. The molecule has 120 valence electrons. The Balaban J connectivity index is 0.00000176. The van der Waals surface area contributed by atoms with Gasteiger partial charge in [-0.05, 0) is 18.8 Å². The van der Waals surface area contributed by atoms with Gasteiger partial charge >= 0.3 is 0 Å². The van der Waals surface area contributed by atoms with Crippen molar-refractivity contribution in [3.05, 3.63) is 33.7 Å². The topological polar surface area (TPSA) is 80.7 Å². The third-order valence-electron chi connectivity index (χ3n) is 4.08. The van der Waals surface area contributed by atoms with Gasteiger partial charge in [-0.1, -0.05) is 6.92 Å². The highest BCUT2D eigenvalue weighted by Crippen LogP contribution is 2.23. The van der Waals surface area contributed by atoms with E-state index in [1.165, 1.54) is 21.9 Å². The zero-order valence-electron chi connectivity index (χ0n) is 12.3. The van der Waals surface area contributed by atoms with Crippen molar-refractivity contribution in [2.75, 3.05) is 13.1 Å². The molecule has 0 aliphatic carbocycles. The predicted molar refractivity (Wildman–Crippen MR) is 88.9 cm³/mol. The van der Waals surface area contributed by atoms with Gasteiger partial charge in [0.15, 0.2) is 4.96 Å². The van der Waals surface area contributed by atoms with Crippen molar-refractivity contribution in [2.24, 2.45) is 11.7 Å². The third-order valence-corrected chi connectivity index (χ3v) is 4.85.